The molecule has 0 aliphatic rings. The Kier molecular flexibility index (Phi) is 29.4. The molecule has 0 rings (SSSR count). The lowest BCUT2D eigenvalue weighted by atomic mass is 10.0. The molecule has 4 amide bonds. The number of likely N-dealkylation sites (N-methyl/N-ethyl adjacent to an activating group) is 1. The fourth-order valence-electron chi connectivity index (χ4n) is 4.27. The van der Waals surface area contributed by atoms with Crippen LogP contribution in [0.15, 0.2) is 0 Å². The molecule has 5 N–H and O–H groups in total. The number of Topliss-reactive ketones (excluding diaryl/α,β-unsaturated/α-hetero) is 1. The minimum atomic E-state index is -1.21. The van der Waals surface area contributed by atoms with Gasteiger partial charge in [0.05, 0.1) is 33.0 Å². The molecule has 0 aliphatic heterocycles. The molecule has 0 bridgehead atoms. The molecule has 0 saturated carbocycles. The number of carbonyl (C=O) groups is 6. The molecule has 0 fully saturated rings. The van der Waals surface area contributed by atoms with E-state index in [9.17, 15) is 33.9 Å². The fraction of sp³-hybridized carbons (Fsp3) is 0.812. The minimum absolute atomic E-state index is 0.0281. The van der Waals surface area contributed by atoms with Gasteiger partial charge in [-0.1, -0.05) is 51.4 Å². The topological polar surface area (TPSA) is 208 Å². The van der Waals surface area contributed by atoms with E-state index in [-0.39, 0.29) is 95.6 Å². The lowest BCUT2D eigenvalue weighted by Gasteiger charge is -2.14. The van der Waals surface area contributed by atoms with E-state index in [1.54, 1.807) is 6.92 Å². The van der Waals surface area contributed by atoms with Crippen LogP contribution in [0.3, 0.4) is 0 Å². The predicted molar refractivity (Wildman–Crippen MR) is 173 cm³/mol. The number of nitrogens with one attached hydrogen (secondary N) is 4. The number of ether oxygens (including phenoxy) is 3. The Morgan fingerprint density at radius 3 is 1.70 bits per heavy atom. The van der Waals surface area contributed by atoms with Crippen molar-refractivity contribution in [3.63, 3.8) is 0 Å². The first-order chi connectivity index (χ1) is 22.6. The van der Waals surface area contributed by atoms with E-state index in [0.717, 1.165) is 44.9 Å². The van der Waals surface area contributed by atoms with Crippen LogP contribution in [0.25, 0.3) is 0 Å². The maximum absolute atomic E-state index is 12.2. The van der Waals surface area contributed by atoms with E-state index in [1.807, 2.05) is 6.92 Å². The Morgan fingerprint density at radius 1 is 0.596 bits per heavy atom. The molecule has 272 valence electrons. The van der Waals surface area contributed by atoms with E-state index >= 15 is 0 Å². The second-order valence-electron chi connectivity index (χ2n) is 11.1. The Hall–Kier alpha value is -3.14. The molecule has 0 heterocycles. The first kappa shape index (κ1) is 43.9. The number of amides is 4. The molecule has 15 nitrogen and oxygen atoms in total. The zero-order valence-electron chi connectivity index (χ0n) is 28.4. The van der Waals surface area contributed by atoms with Crippen molar-refractivity contribution in [1.29, 1.82) is 0 Å². The average molecular weight is 675 g/mol. The Bertz CT molecular complexity index is 889. The van der Waals surface area contributed by atoms with Gasteiger partial charge in [-0.25, -0.2) is 10.3 Å². The van der Waals surface area contributed by atoms with Gasteiger partial charge in [-0.15, -0.1) is 0 Å². The van der Waals surface area contributed by atoms with Crippen molar-refractivity contribution in [2.45, 2.75) is 110 Å². The summed E-state index contributed by atoms with van der Waals surface area (Å²) in [6.07, 6.45) is 11.1. The molecule has 0 spiro atoms. The molecular weight excluding hydrogens is 616 g/mol. The summed E-state index contributed by atoms with van der Waals surface area (Å²) in [5.41, 5.74) is 2.19. The molecule has 0 aromatic rings. The third-order valence-electron chi connectivity index (χ3n) is 6.77. The molecule has 1 atom stereocenters. The lowest BCUT2D eigenvalue weighted by Crippen LogP contribution is -2.41. The number of hydrogen-bond donors (Lipinski definition) is 5. The van der Waals surface area contributed by atoms with Crippen molar-refractivity contribution in [2.75, 3.05) is 59.3 Å². The van der Waals surface area contributed by atoms with E-state index in [2.05, 4.69) is 21.4 Å². The smallest absolute Gasteiger partial charge is 0.326 e. The second-order valence-corrected chi connectivity index (χ2v) is 11.1. The average Bonchev–Trinajstić information content (AvgIpc) is 3.02. The standard InChI is InChI=1S/C32H58N4O11/c1-3-33-30(40)24-45-21-20-44-19-18-34-31(41)25-46-22-23-47-36-29(39)17-16-27(32(42)43)35-28(38)15-13-11-9-7-5-4-6-8-10-12-14-26(2)37/h27H,3-25H2,1-2H3,(H,33,40)(H,34,41)(H,35,38)(H,36,39)(H,42,43). The number of hydrogen-bond acceptors (Lipinski definition) is 10. The lowest BCUT2D eigenvalue weighted by molar-refractivity contribution is -0.143. The van der Waals surface area contributed by atoms with Crippen molar-refractivity contribution >= 4 is 35.4 Å². The van der Waals surface area contributed by atoms with Gasteiger partial charge in [-0.05, 0) is 33.1 Å². The minimum Gasteiger partial charge on any atom is -0.480 e. The van der Waals surface area contributed by atoms with Crippen LogP contribution in [0, 0.1) is 0 Å². The van der Waals surface area contributed by atoms with Crippen LogP contribution in [0.4, 0.5) is 0 Å². The van der Waals surface area contributed by atoms with Crippen LogP contribution >= 0.6 is 0 Å². The number of carboxylic acid groups (broad SMARTS) is 1. The third-order valence-corrected chi connectivity index (χ3v) is 6.77. The van der Waals surface area contributed by atoms with Gasteiger partial charge in [0, 0.05) is 32.4 Å². The number of rotatable bonds is 33. The number of carbonyl (C=O) groups excluding carboxylic acids is 5. The number of carboxylic acids is 1. The monoisotopic (exact) mass is 674 g/mol. The molecule has 0 radical (unpaired) electrons. The van der Waals surface area contributed by atoms with E-state index in [4.69, 9.17) is 19.0 Å². The molecule has 0 saturated heterocycles. The predicted octanol–water partition coefficient (Wildman–Crippen LogP) is 1.96. The number of unbranched alkanes of at least 4 members (excludes halogenated alkanes) is 9. The normalized spacial score (nSPS) is 11.4. The Labute approximate surface area is 278 Å². The highest BCUT2D eigenvalue weighted by molar-refractivity contribution is 5.84. The molecule has 0 aliphatic carbocycles. The SMILES string of the molecule is CCNC(=O)COCCOCCNC(=O)COCCONC(=O)CCC(NC(=O)CCCCCCCCCCCCC(C)=O)C(=O)O. The highest BCUT2D eigenvalue weighted by Gasteiger charge is 2.21. The van der Waals surface area contributed by atoms with Gasteiger partial charge in [0.25, 0.3) is 0 Å². The highest BCUT2D eigenvalue weighted by Crippen LogP contribution is 2.12. The zero-order chi connectivity index (χ0) is 35.0. The van der Waals surface area contributed by atoms with Crippen LogP contribution in [0.2, 0.25) is 0 Å². The summed E-state index contributed by atoms with van der Waals surface area (Å²) in [6.45, 7) is 4.84. The first-order valence-electron chi connectivity index (χ1n) is 16.8. The van der Waals surface area contributed by atoms with Gasteiger partial charge in [0.15, 0.2) is 0 Å². The summed E-state index contributed by atoms with van der Waals surface area (Å²) in [5, 5.41) is 17.1. The zero-order valence-corrected chi connectivity index (χ0v) is 28.4. The van der Waals surface area contributed by atoms with Crippen molar-refractivity contribution < 1.29 is 52.9 Å². The summed E-state index contributed by atoms with van der Waals surface area (Å²) in [7, 11) is 0. The third kappa shape index (κ3) is 31.2. The van der Waals surface area contributed by atoms with E-state index < -0.39 is 17.9 Å². The second kappa shape index (κ2) is 31.5. The molecule has 47 heavy (non-hydrogen) atoms. The first-order valence-corrected chi connectivity index (χ1v) is 16.8. The van der Waals surface area contributed by atoms with Gasteiger partial charge >= 0.3 is 5.97 Å². The maximum atomic E-state index is 12.2. The Balaban J connectivity index is 3.73. The summed E-state index contributed by atoms with van der Waals surface area (Å²) >= 11 is 0. The van der Waals surface area contributed by atoms with Crippen LogP contribution in [-0.4, -0.2) is 106 Å². The molecule has 1 unspecified atom stereocenters. The summed E-state index contributed by atoms with van der Waals surface area (Å²) in [6, 6.07) is -1.18. The maximum Gasteiger partial charge on any atom is 0.326 e. The van der Waals surface area contributed by atoms with Gasteiger partial charge in [0.2, 0.25) is 23.6 Å². The van der Waals surface area contributed by atoms with Gasteiger partial charge in [-0.2, -0.15) is 0 Å². The van der Waals surface area contributed by atoms with Crippen molar-refractivity contribution in [1.82, 2.24) is 21.4 Å². The van der Waals surface area contributed by atoms with Gasteiger partial charge in [-0.3, -0.25) is 24.0 Å². The Morgan fingerprint density at radius 2 is 1.13 bits per heavy atom. The van der Waals surface area contributed by atoms with Gasteiger partial charge < -0.3 is 40.1 Å². The summed E-state index contributed by atoms with van der Waals surface area (Å²) in [5.74, 6) is -2.41. The van der Waals surface area contributed by atoms with Crippen LogP contribution in [0.5, 0.6) is 0 Å². The fourth-order valence-corrected chi connectivity index (χ4v) is 4.27. The number of hydroxylamine groups is 1. The largest absolute Gasteiger partial charge is 0.480 e. The molecule has 15 heteroatoms. The van der Waals surface area contributed by atoms with Crippen molar-refractivity contribution in [3.8, 4) is 0 Å². The molecule has 0 aromatic heterocycles. The van der Waals surface area contributed by atoms with Crippen LogP contribution < -0.4 is 21.4 Å². The van der Waals surface area contributed by atoms with Gasteiger partial charge in [0.1, 0.15) is 25.0 Å². The van der Waals surface area contributed by atoms with Crippen LogP contribution in [-0.2, 0) is 47.8 Å². The highest BCUT2D eigenvalue weighted by atomic mass is 16.7. The molecule has 0 aromatic carbocycles. The molecular formula is C32H58N4O11. The van der Waals surface area contributed by atoms with E-state index in [1.165, 1.54) is 12.8 Å². The van der Waals surface area contributed by atoms with Crippen molar-refractivity contribution in [2.24, 2.45) is 0 Å². The van der Waals surface area contributed by atoms with E-state index in [0.29, 0.717) is 19.4 Å². The quantitative estimate of drug-likeness (QED) is 0.0502. The number of ketones is 1. The summed E-state index contributed by atoms with van der Waals surface area (Å²) < 4.78 is 15.6. The van der Waals surface area contributed by atoms with Crippen molar-refractivity contribution in [3.05, 3.63) is 0 Å². The van der Waals surface area contributed by atoms with Crippen LogP contribution in [0.1, 0.15) is 104 Å². The number of aliphatic carboxylic acids is 1. The summed E-state index contributed by atoms with van der Waals surface area (Å²) in [4.78, 5) is 74.6.